The van der Waals surface area contributed by atoms with Crippen LogP contribution in [0.25, 0.3) is 0 Å². The van der Waals surface area contributed by atoms with Crippen LogP contribution in [0.15, 0.2) is 38.0 Å². The summed E-state index contributed by atoms with van der Waals surface area (Å²) in [5, 5.41) is 0. The zero-order chi connectivity index (χ0) is 8.24. The molecule has 0 aromatic rings. The Hall–Kier alpha value is -0.780. The molecule has 0 saturated heterocycles. The molecule has 0 aliphatic rings. The maximum Gasteiger partial charge on any atom is -0.0316 e. The van der Waals surface area contributed by atoms with Gasteiger partial charge in [0.15, 0.2) is 0 Å². The standard InChI is InChI=1S/C8H14.C2H4/c1-3-5-7-8-6-4-2;1-2/h3,6,8H,1,4-5,7H2,2H3;1-2H2. The molecule has 0 aliphatic heterocycles. The number of hydrogen-bond acceptors (Lipinski definition) is 0. The normalized spacial score (nSPS) is 8.50. The van der Waals surface area contributed by atoms with Gasteiger partial charge in [-0.15, -0.1) is 19.7 Å². The highest BCUT2D eigenvalue weighted by Crippen LogP contribution is 1.91. The first-order valence-corrected chi connectivity index (χ1v) is 3.67. The number of rotatable bonds is 4. The van der Waals surface area contributed by atoms with Crippen LogP contribution >= 0.6 is 0 Å². The molecule has 0 heterocycles. The van der Waals surface area contributed by atoms with E-state index in [0.717, 1.165) is 19.3 Å². The van der Waals surface area contributed by atoms with Crippen molar-refractivity contribution in [2.24, 2.45) is 0 Å². The average molecular weight is 138 g/mol. The van der Waals surface area contributed by atoms with Crippen LogP contribution in [0.3, 0.4) is 0 Å². The summed E-state index contributed by atoms with van der Waals surface area (Å²) in [6.07, 6.45) is 9.73. The van der Waals surface area contributed by atoms with Crippen molar-refractivity contribution in [3.63, 3.8) is 0 Å². The molecule has 0 rings (SSSR count). The lowest BCUT2D eigenvalue weighted by Crippen LogP contribution is -1.61. The van der Waals surface area contributed by atoms with Gasteiger partial charge in [0.1, 0.15) is 0 Å². The van der Waals surface area contributed by atoms with Crippen molar-refractivity contribution in [2.45, 2.75) is 26.2 Å². The first-order chi connectivity index (χ1) is 4.91. The molecule has 10 heavy (non-hydrogen) atoms. The molecule has 58 valence electrons. The molecular formula is C10H18. The van der Waals surface area contributed by atoms with Gasteiger partial charge in [-0.1, -0.05) is 25.2 Å². The van der Waals surface area contributed by atoms with Crippen molar-refractivity contribution in [3.05, 3.63) is 38.0 Å². The van der Waals surface area contributed by atoms with Crippen molar-refractivity contribution >= 4 is 0 Å². The second-order valence-corrected chi connectivity index (χ2v) is 1.75. The van der Waals surface area contributed by atoms with Gasteiger partial charge in [0, 0.05) is 0 Å². The molecule has 0 nitrogen and oxygen atoms in total. The van der Waals surface area contributed by atoms with Gasteiger partial charge in [0.2, 0.25) is 0 Å². The van der Waals surface area contributed by atoms with Crippen LogP contribution in [-0.4, -0.2) is 0 Å². The molecule has 0 aromatic heterocycles. The predicted octanol–water partition coefficient (Wildman–Crippen LogP) is 3.72. The molecule has 0 amide bonds. The molecule has 0 radical (unpaired) electrons. The molecule has 0 fully saturated rings. The van der Waals surface area contributed by atoms with E-state index in [0.29, 0.717) is 0 Å². The third-order valence-corrected chi connectivity index (χ3v) is 0.940. The van der Waals surface area contributed by atoms with E-state index in [4.69, 9.17) is 0 Å². The summed E-state index contributed by atoms with van der Waals surface area (Å²) in [5.41, 5.74) is 0. The molecule has 0 atom stereocenters. The van der Waals surface area contributed by atoms with Crippen LogP contribution in [0, 0.1) is 0 Å². The minimum absolute atomic E-state index is 1.11. The quantitative estimate of drug-likeness (QED) is 0.410. The fourth-order valence-corrected chi connectivity index (χ4v) is 0.499. The summed E-state index contributed by atoms with van der Waals surface area (Å²) in [6, 6.07) is 0. The fraction of sp³-hybridized carbons (Fsp3) is 0.400. The summed E-state index contributed by atoms with van der Waals surface area (Å²) in [5.74, 6) is 0. The van der Waals surface area contributed by atoms with Gasteiger partial charge in [0.05, 0.1) is 0 Å². The maximum absolute atomic E-state index is 3.62. The van der Waals surface area contributed by atoms with Gasteiger partial charge in [-0.2, -0.15) is 0 Å². The smallest absolute Gasteiger partial charge is 0.0316 e. The van der Waals surface area contributed by atoms with Gasteiger partial charge in [0.25, 0.3) is 0 Å². The fourth-order valence-electron chi connectivity index (χ4n) is 0.499. The molecule has 0 unspecified atom stereocenters. The highest BCUT2D eigenvalue weighted by atomic mass is 13.8. The van der Waals surface area contributed by atoms with Crippen molar-refractivity contribution in [1.29, 1.82) is 0 Å². The van der Waals surface area contributed by atoms with E-state index in [2.05, 4.69) is 38.8 Å². The van der Waals surface area contributed by atoms with Crippen molar-refractivity contribution in [3.8, 4) is 0 Å². The lowest BCUT2D eigenvalue weighted by molar-refractivity contribution is 1.04. The predicted molar refractivity (Wildman–Crippen MR) is 50.1 cm³/mol. The van der Waals surface area contributed by atoms with Gasteiger partial charge >= 0.3 is 0 Å². The van der Waals surface area contributed by atoms with Crippen LogP contribution in [0.1, 0.15) is 26.2 Å². The number of allylic oxidation sites excluding steroid dienone is 3. The Kier molecular flexibility index (Phi) is 18.8. The lowest BCUT2D eigenvalue weighted by atomic mass is 10.3. The SMILES string of the molecule is C=C.C=CCCC=CCC. The second-order valence-electron chi connectivity index (χ2n) is 1.75. The summed E-state index contributed by atoms with van der Waals surface area (Å²) < 4.78 is 0. The monoisotopic (exact) mass is 138 g/mol. The molecular weight excluding hydrogens is 120 g/mol. The second kappa shape index (κ2) is 15.7. The Morgan fingerprint density at radius 3 is 2.10 bits per heavy atom. The highest BCUT2D eigenvalue weighted by Gasteiger charge is 1.70. The van der Waals surface area contributed by atoms with E-state index in [9.17, 15) is 0 Å². The Bertz CT molecular complexity index is 80.0. The third kappa shape index (κ3) is 15.7. The Morgan fingerprint density at radius 2 is 1.70 bits per heavy atom. The number of hydrogen-bond donors (Lipinski definition) is 0. The molecule has 0 aromatic carbocycles. The van der Waals surface area contributed by atoms with E-state index < -0.39 is 0 Å². The largest absolute Gasteiger partial charge is 0.106 e. The Labute approximate surface area is 65.0 Å². The summed E-state index contributed by atoms with van der Waals surface area (Å²) in [6.45, 7) is 11.8. The van der Waals surface area contributed by atoms with Crippen LogP contribution in [-0.2, 0) is 0 Å². The van der Waals surface area contributed by atoms with Crippen molar-refractivity contribution in [2.75, 3.05) is 0 Å². The average Bonchev–Trinajstić information content (AvgIpc) is 2.02. The Morgan fingerprint density at radius 1 is 1.10 bits per heavy atom. The van der Waals surface area contributed by atoms with Crippen LogP contribution in [0.5, 0.6) is 0 Å². The first-order valence-electron chi connectivity index (χ1n) is 3.67. The van der Waals surface area contributed by atoms with Gasteiger partial charge in [-0.05, 0) is 19.3 Å². The van der Waals surface area contributed by atoms with E-state index in [-0.39, 0.29) is 0 Å². The van der Waals surface area contributed by atoms with Crippen LogP contribution in [0.4, 0.5) is 0 Å². The summed E-state index contributed by atoms with van der Waals surface area (Å²) in [4.78, 5) is 0. The van der Waals surface area contributed by atoms with E-state index in [1.165, 1.54) is 0 Å². The number of unbranched alkanes of at least 4 members (excludes halogenated alkanes) is 1. The van der Waals surface area contributed by atoms with Crippen molar-refractivity contribution < 1.29 is 0 Å². The first kappa shape index (κ1) is 12.0. The minimum Gasteiger partial charge on any atom is -0.106 e. The van der Waals surface area contributed by atoms with E-state index in [1.807, 2.05) is 6.08 Å². The van der Waals surface area contributed by atoms with E-state index in [1.54, 1.807) is 0 Å². The topological polar surface area (TPSA) is 0 Å². The van der Waals surface area contributed by atoms with Gasteiger partial charge in [-0.25, -0.2) is 0 Å². The van der Waals surface area contributed by atoms with Crippen LogP contribution in [0.2, 0.25) is 0 Å². The molecule has 0 aliphatic carbocycles. The van der Waals surface area contributed by atoms with Gasteiger partial charge in [-0.3, -0.25) is 0 Å². The highest BCUT2D eigenvalue weighted by molar-refractivity contribution is 4.82. The molecule has 0 bridgehead atoms. The van der Waals surface area contributed by atoms with Gasteiger partial charge < -0.3 is 0 Å². The molecule has 0 spiro atoms. The third-order valence-electron chi connectivity index (χ3n) is 0.940. The van der Waals surface area contributed by atoms with E-state index >= 15 is 0 Å². The zero-order valence-corrected chi connectivity index (χ0v) is 6.97. The lowest BCUT2D eigenvalue weighted by Gasteiger charge is -1.81. The van der Waals surface area contributed by atoms with Crippen LogP contribution < -0.4 is 0 Å². The molecule has 0 saturated carbocycles. The summed E-state index contributed by atoms with van der Waals surface area (Å²) in [7, 11) is 0. The Balaban J connectivity index is 0. The zero-order valence-electron chi connectivity index (χ0n) is 6.97. The minimum atomic E-state index is 1.11. The molecule has 0 N–H and O–H groups in total. The van der Waals surface area contributed by atoms with Crippen molar-refractivity contribution in [1.82, 2.24) is 0 Å². The summed E-state index contributed by atoms with van der Waals surface area (Å²) >= 11 is 0. The molecule has 0 heteroatoms. The maximum atomic E-state index is 3.62.